The molecule has 0 aliphatic rings. The molecule has 1 amide bonds. The Kier molecular flexibility index (Phi) is 6.92. The lowest BCUT2D eigenvalue weighted by molar-refractivity contribution is -0.120. The summed E-state index contributed by atoms with van der Waals surface area (Å²) in [7, 11) is -3.75. The highest BCUT2D eigenvalue weighted by molar-refractivity contribution is 7.89. The van der Waals surface area contributed by atoms with Crippen molar-refractivity contribution >= 4 is 27.5 Å². The Morgan fingerprint density at radius 1 is 1.08 bits per heavy atom. The third kappa shape index (κ3) is 6.45. The van der Waals surface area contributed by atoms with Crippen molar-refractivity contribution in [1.82, 2.24) is 10.0 Å². The van der Waals surface area contributed by atoms with E-state index in [1.165, 1.54) is 12.1 Å². The van der Waals surface area contributed by atoms with Crippen molar-refractivity contribution in [1.29, 1.82) is 0 Å². The van der Waals surface area contributed by atoms with Gasteiger partial charge in [0.25, 0.3) is 0 Å². The third-order valence-electron chi connectivity index (χ3n) is 3.39. The van der Waals surface area contributed by atoms with E-state index in [4.69, 9.17) is 11.6 Å². The number of halogens is 2. The molecule has 8 heteroatoms. The van der Waals surface area contributed by atoms with Crippen molar-refractivity contribution in [2.45, 2.75) is 17.7 Å². The van der Waals surface area contributed by atoms with E-state index < -0.39 is 15.8 Å². The highest BCUT2D eigenvalue weighted by Gasteiger charge is 2.14. The molecule has 0 heterocycles. The first-order valence-corrected chi connectivity index (χ1v) is 9.49. The van der Waals surface area contributed by atoms with Gasteiger partial charge in [-0.3, -0.25) is 4.79 Å². The number of hydrogen-bond acceptors (Lipinski definition) is 3. The fourth-order valence-corrected chi connectivity index (χ4v) is 3.37. The molecule has 0 aromatic heterocycles. The van der Waals surface area contributed by atoms with Crippen molar-refractivity contribution in [3.8, 4) is 0 Å². The van der Waals surface area contributed by atoms with Gasteiger partial charge in [-0.15, -0.1) is 0 Å². The summed E-state index contributed by atoms with van der Waals surface area (Å²) in [6.45, 7) is 0.395. The first-order chi connectivity index (χ1) is 11.9. The molecule has 0 atom stereocenters. The standard InChI is InChI=1S/C17H18ClFN2O3S/c18-14-3-1-2-13(12-14)8-10-20-17(22)9-11-21-25(23,24)16-6-4-15(19)5-7-16/h1-7,12,21H,8-11H2,(H,20,22). The van der Waals surface area contributed by atoms with E-state index in [0.717, 1.165) is 17.7 Å². The molecule has 0 spiro atoms. The maximum atomic E-state index is 12.8. The average Bonchev–Trinajstić information content (AvgIpc) is 2.55. The summed E-state index contributed by atoms with van der Waals surface area (Å²) >= 11 is 5.88. The molecule has 2 aromatic rings. The van der Waals surface area contributed by atoms with Crippen LogP contribution in [0, 0.1) is 5.82 Å². The number of hydrogen-bond donors (Lipinski definition) is 2. The van der Waals surface area contributed by atoms with Crippen LogP contribution in [-0.4, -0.2) is 27.4 Å². The molecule has 0 bridgehead atoms. The maximum absolute atomic E-state index is 12.8. The maximum Gasteiger partial charge on any atom is 0.240 e. The number of sulfonamides is 1. The van der Waals surface area contributed by atoms with Crippen LogP contribution in [-0.2, 0) is 21.2 Å². The Morgan fingerprint density at radius 2 is 1.80 bits per heavy atom. The van der Waals surface area contributed by atoms with Crippen LogP contribution in [0.4, 0.5) is 4.39 Å². The van der Waals surface area contributed by atoms with Crippen LogP contribution in [0.2, 0.25) is 5.02 Å². The van der Waals surface area contributed by atoms with Gasteiger partial charge < -0.3 is 5.32 Å². The first-order valence-electron chi connectivity index (χ1n) is 7.63. The van der Waals surface area contributed by atoms with Crippen molar-refractivity contribution in [2.75, 3.05) is 13.1 Å². The molecule has 2 aromatic carbocycles. The fourth-order valence-electron chi connectivity index (χ4n) is 2.12. The van der Waals surface area contributed by atoms with Gasteiger partial charge in [-0.1, -0.05) is 23.7 Å². The highest BCUT2D eigenvalue weighted by Crippen LogP contribution is 2.11. The second-order valence-electron chi connectivity index (χ2n) is 5.33. The number of amides is 1. The number of rotatable bonds is 8. The van der Waals surface area contributed by atoms with Crippen LogP contribution in [0.25, 0.3) is 0 Å². The van der Waals surface area contributed by atoms with Crippen LogP contribution in [0.1, 0.15) is 12.0 Å². The molecule has 0 unspecified atom stereocenters. The predicted octanol–water partition coefficient (Wildman–Crippen LogP) is 2.51. The van der Waals surface area contributed by atoms with Crippen LogP contribution < -0.4 is 10.0 Å². The van der Waals surface area contributed by atoms with Gasteiger partial charge >= 0.3 is 0 Å². The van der Waals surface area contributed by atoms with E-state index in [1.807, 2.05) is 18.2 Å². The lowest BCUT2D eigenvalue weighted by Crippen LogP contribution is -2.31. The second-order valence-corrected chi connectivity index (χ2v) is 7.53. The molecule has 134 valence electrons. The molecule has 0 aliphatic carbocycles. The molecule has 0 fully saturated rings. The average molecular weight is 385 g/mol. The summed E-state index contributed by atoms with van der Waals surface area (Å²) < 4.78 is 39.1. The minimum atomic E-state index is -3.75. The number of nitrogens with one attached hydrogen (secondary N) is 2. The molecule has 0 saturated heterocycles. The van der Waals surface area contributed by atoms with Gasteiger partial charge in [-0.05, 0) is 48.4 Å². The van der Waals surface area contributed by atoms with Gasteiger partial charge in [0, 0.05) is 24.5 Å². The summed E-state index contributed by atoms with van der Waals surface area (Å²) in [6.07, 6.45) is 0.642. The van der Waals surface area contributed by atoms with Gasteiger partial charge in [0.1, 0.15) is 5.82 Å². The van der Waals surface area contributed by atoms with Crippen LogP contribution in [0.3, 0.4) is 0 Å². The van der Waals surface area contributed by atoms with Gasteiger partial charge in [0.2, 0.25) is 15.9 Å². The van der Waals surface area contributed by atoms with E-state index in [-0.39, 0.29) is 23.8 Å². The number of benzene rings is 2. The first kappa shape index (κ1) is 19.4. The van der Waals surface area contributed by atoms with Gasteiger partial charge in [-0.25, -0.2) is 17.5 Å². The van der Waals surface area contributed by atoms with Crippen LogP contribution in [0.5, 0.6) is 0 Å². The Balaban J connectivity index is 1.72. The van der Waals surface area contributed by atoms with Crippen molar-refractivity contribution in [2.24, 2.45) is 0 Å². The number of carbonyl (C=O) groups is 1. The lowest BCUT2D eigenvalue weighted by Gasteiger charge is -2.08. The van der Waals surface area contributed by atoms with Gasteiger partial charge in [0.15, 0.2) is 0 Å². The molecule has 2 rings (SSSR count). The zero-order valence-corrected chi connectivity index (χ0v) is 14.9. The number of carbonyl (C=O) groups excluding carboxylic acids is 1. The summed E-state index contributed by atoms with van der Waals surface area (Å²) in [6, 6.07) is 11.8. The highest BCUT2D eigenvalue weighted by atomic mass is 35.5. The third-order valence-corrected chi connectivity index (χ3v) is 5.10. The molecular weight excluding hydrogens is 367 g/mol. The van der Waals surface area contributed by atoms with E-state index >= 15 is 0 Å². The zero-order chi connectivity index (χ0) is 18.3. The largest absolute Gasteiger partial charge is 0.356 e. The normalized spacial score (nSPS) is 11.3. The van der Waals surface area contributed by atoms with Crippen molar-refractivity contribution in [3.63, 3.8) is 0 Å². The molecule has 0 aliphatic heterocycles. The van der Waals surface area contributed by atoms with E-state index in [2.05, 4.69) is 10.0 Å². The Bertz CT molecular complexity index is 826. The van der Waals surface area contributed by atoms with Crippen molar-refractivity contribution < 1.29 is 17.6 Å². The summed E-state index contributed by atoms with van der Waals surface area (Å²) in [4.78, 5) is 11.7. The molecule has 0 radical (unpaired) electrons. The summed E-state index contributed by atoms with van der Waals surface area (Å²) in [5.74, 6) is -0.776. The minimum absolute atomic E-state index is 0.00989. The Hall–Kier alpha value is -1.96. The van der Waals surface area contributed by atoms with Gasteiger partial charge in [0.05, 0.1) is 4.90 Å². The lowest BCUT2D eigenvalue weighted by atomic mass is 10.1. The Labute approximate surface area is 151 Å². The SMILES string of the molecule is O=C(CCNS(=O)(=O)c1ccc(F)cc1)NCCc1cccc(Cl)c1. The van der Waals surface area contributed by atoms with E-state index in [0.29, 0.717) is 18.0 Å². The van der Waals surface area contributed by atoms with Crippen molar-refractivity contribution in [3.05, 3.63) is 64.9 Å². The molecule has 25 heavy (non-hydrogen) atoms. The topological polar surface area (TPSA) is 75.3 Å². The smallest absolute Gasteiger partial charge is 0.240 e. The monoisotopic (exact) mass is 384 g/mol. The fraction of sp³-hybridized carbons (Fsp3) is 0.235. The van der Waals surface area contributed by atoms with Crippen LogP contribution in [0.15, 0.2) is 53.4 Å². The molecular formula is C17H18ClFN2O3S. The molecule has 5 nitrogen and oxygen atoms in total. The molecule has 0 saturated carbocycles. The summed E-state index contributed by atoms with van der Waals surface area (Å²) in [5, 5.41) is 3.36. The Morgan fingerprint density at radius 3 is 2.48 bits per heavy atom. The van der Waals surface area contributed by atoms with Crippen LogP contribution >= 0.6 is 11.6 Å². The van der Waals surface area contributed by atoms with E-state index in [9.17, 15) is 17.6 Å². The quantitative estimate of drug-likeness (QED) is 0.734. The predicted molar refractivity (Wildman–Crippen MR) is 94.4 cm³/mol. The minimum Gasteiger partial charge on any atom is -0.356 e. The molecule has 2 N–H and O–H groups in total. The summed E-state index contributed by atoms with van der Waals surface area (Å²) in [5.41, 5.74) is 1.00. The second kappa shape index (κ2) is 8.94. The zero-order valence-electron chi connectivity index (χ0n) is 13.3. The van der Waals surface area contributed by atoms with Gasteiger partial charge in [-0.2, -0.15) is 0 Å². The van der Waals surface area contributed by atoms with E-state index in [1.54, 1.807) is 6.07 Å².